The van der Waals surface area contributed by atoms with E-state index in [1.807, 2.05) is 12.1 Å². The standard InChI is InChI=1S/C28H37FN2O4S/c1-28(2)26(18-20-8-10-21(11-9-20)22-12-15-31(3)16-13-22)36(33,34)30-27(35-28)19-23(14-17-32)24-6-4-5-7-25(24)29/h4-11,22-23,26,32H,12-19H2,1-3H3/t23-,26?/m1/s1. The Kier molecular flexibility index (Phi) is 8.17. The number of benzene rings is 2. The molecule has 1 unspecified atom stereocenters. The lowest BCUT2D eigenvalue weighted by Crippen LogP contribution is -2.50. The van der Waals surface area contributed by atoms with Crippen molar-refractivity contribution >= 4 is 15.9 Å². The summed E-state index contributed by atoms with van der Waals surface area (Å²) in [4.78, 5) is 2.35. The molecule has 1 N–H and O–H groups in total. The van der Waals surface area contributed by atoms with E-state index in [9.17, 15) is 17.9 Å². The van der Waals surface area contributed by atoms with Gasteiger partial charge in [-0.1, -0.05) is 42.5 Å². The molecule has 2 heterocycles. The summed E-state index contributed by atoms with van der Waals surface area (Å²) in [6.45, 7) is 5.56. The fraction of sp³-hybridized carbons (Fsp3) is 0.536. The van der Waals surface area contributed by atoms with Gasteiger partial charge in [0, 0.05) is 13.0 Å². The second-order valence-corrected chi connectivity index (χ2v) is 12.4. The number of sulfonamides is 1. The number of hydrogen-bond acceptors (Lipinski definition) is 5. The van der Waals surface area contributed by atoms with Crippen LogP contribution in [0.15, 0.2) is 52.9 Å². The summed E-state index contributed by atoms with van der Waals surface area (Å²) in [5.41, 5.74) is 1.64. The first kappa shape index (κ1) is 26.8. The minimum atomic E-state index is -3.87. The monoisotopic (exact) mass is 516 g/mol. The first-order valence-electron chi connectivity index (χ1n) is 12.7. The maximum atomic E-state index is 14.4. The molecule has 196 valence electrons. The van der Waals surface area contributed by atoms with Crippen molar-refractivity contribution in [1.82, 2.24) is 4.90 Å². The van der Waals surface area contributed by atoms with Gasteiger partial charge in [0.25, 0.3) is 10.0 Å². The molecule has 2 aromatic carbocycles. The lowest BCUT2D eigenvalue weighted by molar-refractivity contribution is 0.0797. The van der Waals surface area contributed by atoms with Gasteiger partial charge in [0.05, 0.1) is 0 Å². The minimum Gasteiger partial charge on any atom is -0.473 e. The van der Waals surface area contributed by atoms with Crippen LogP contribution in [0.4, 0.5) is 4.39 Å². The Morgan fingerprint density at radius 3 is 2.42 bits per heavy atom. The maximum Gasteiger partial charge on any atom is 0.263 e. The molecule has 0 aromatic heterocycles. The molecular formula is C28H37FN2O4S. The van der Waals surface area contributed by atoms with E-state index in [0.29, 0.717) is 17.9 Å². The second-order valence-electron chi connectivity index (χ2n) is 10.7. The van der Waals surface area contributed by atoms with Crippen molar-refractivity contribution in [2.75, 3.05) is 26.7 Å². The molecule has 0 saturated carbocycles. The summed E-state index contributed by atoms with van der Waals surface area (Å²) in [6, 6.07) is 14.6. The average molecular weight is 517 g/mol. The largest absolute Gasteiger partial charge is 0.473 e. The highest BCUT2D eigenvalue weighted by atomic mass is 32.2. The van der Waals surface area contributed by atoms with Crippen molar-refractivity contribution in [3.63, 3.8) is 0 Å². The number of rotatable bonds is 8. The van der Waals surface area contributed by atoms with Gasteiger partial charge in [-0.2, -0.15) is 0 Å². The van der Waals surface area contributed by atoms with Gasteiger partial charge in [0.2, 0.25) is 5.90 Å². The molecule has 8 heteroatoms. The topological polar surface area (TPSA) is 79.2 Å². The van der Waals surface area contributed by atoms with Crippen LogP contribution in [0.25, 0.3) is 0 Å². The fourth-order valence-electron chi connectivity index (χ4n) is 5.40. The van der Waals surface area contributed by atoms with Crippen LogP contribution >= 0.6 is 0 Å². The van der Waals surface area contributed by atoms with E-state index in [0.717, 1.165) is 31.5 Å². The third-order valence-electron chi connectivity index (χ3n) is 7.58. The highest BCUT2D eigenvalue weighted by Gasteiger charge is 2.46. The third kappa shape index (κ3) is 6.15. The van der Waals surface area contributed by atoms with Crippen LogP contribution in [0.1, 0.15) is 68.1 Å². The van der Waals surface area contributed by atoms with Crippen molar-refractivity contribution in [2.24, 2.45) is 4.40 Å². The molecule has 2 aromatic rings. The van der Waals surface area contributed by atoms with Crippen LogP contribution in [0, 0.1) is 5.82 Å². The van der Waals surface area contributed by atoms with Gasteiger partial charge in [-0.15, -0.1) is 4.40 Å². The fourth-order valence-corrected chi connectivity index (χ4v) is 7.10. The zero-order chi connectivity index (χ0) is 25.9. The Labute approximate surface area is 214 Å². The molecule has 0 amide bonds. The van der Waals surface area contributed by atoms with Crippen molar-refractivity contribution < 1.29 is 22.7 Å². The highest BCUT2D eigenvalue weighted by Crippen LogP contribution is 2.35. The van der Waals surface area contributed by atoms with E-state index in [2.05, 4.69) is 28.5 Å². The van der Waals surface area contributed by atoms with Gasteiger partial charge in [-0.3, -0.25) is 0 Å². The lowest BCUT2D eigenvalue weighted by atomic mass is 9.88. The zero-order valence-corrected chi connectivity index (χ0v) is 22.2. The molecular weight excluding hydrogens is 479 g/mol. The summed E-state index contributed by atoms with van der Waals surface area (Å²) in [7, 11) is -1.72. The molecule has 1 saturated heterocycles. The third-order valence-corrected chi connectivity index (χ3v) is 9.49. The second kappa shape index (κ2) is 11.0. The van der Waals surface area contributed by atoms with E-state index < -0.39 is 32.6 Å². The Morgan fingerprint density at radius 1 is 1.14 bits per heavy atom. The van der Waals surface area contributed by atoms with Crippen LogP contribution < -0.4 is 0 Å². The molecule has 0 aliphatic carbocycles. The number of aliphatic hydroxyl groups excluding tert-OH is 1. The molecule has 2 atom stereocenters. The summed E-state index contributed by atoms with van der Waals surface area (Å²) in [5, 5.41) is 8.68. The predicted molar refractivity (Wildman–Crippen MR) is 140 cm³/mol. The van der Waals surface area contributed by atoms with Crippen molar-refractivity contribution in [2.45, 2.75) is 68.6 Å². The number of likely N-dealkylation sites (tertiary alicyclic amines) is 1. The van der Waals surface area contributed by atoms with Gasteiger partial charge in [-0.05, 0) is 94.3 Å². The number of ether oxygens (including phenoxy) is 1. The lowest BCUT2D eigenvalue weighted by Gasteiger charge is -2.38. The van der Waals surface area contributed by atoms with Crippen LogP contribution in [0.2, 0.25) is 0 Å². The molecule has 6 nitrogen and oxygen atoms in total. The smallest absolute Gasteiger partial charge is 0.263 e. The first-order chi connectivity index (χ1) is 17.1. The Hall–Kier alpha value is -2.29. The van der Waals surface area contributed by atoms with Crippen molar-refractivity contribution in [1.29, 1.82) is 0 Å². The maximum absolute atomic E-state index is 14.4. The molecule has 0 radical (unpaired) electrons. The normalized spacial score (nSPS) is 23.0. The average Bonchev–Trinajstić information content (AvgIpc) is 2.82. The van der Waals surface area contributed by atoms with Crippen molar-refractivity contribution in [3.8, 4) is 0 Å². The minimum absolute atomic E-state index is 0.0653. The summed E-state index contributed by atoms with van der Waals surface area (Å²) < 4.78 is 51.2. The molecule has 2 aliphatic heterocycles. The SMILES string of the molecule is CN1CCC(c2ccc(CC3C(C)(C)OC(C[C@@H](CCO)c4ccccc4F)=NS3(=O)=O)cc2)CC1. The summed E-state index contributed by atoms with van der Waals surface area (Å²) in [6.07, 6.45) is 2.94. The Bertz CT molecular complexity index is 1170. The first-order valence-corrected chi connectivity index (χ1v) is 14.2. The van der Waals surface area contributed by atoms with E-state index in [-0.39, 0.29) is 25.3 Å². The van der Waals surface area contributed by atoms with E-state index >= 15 is 0 Å². The Morgan fingerprint density at radius 2 is 1.81 bits per heavy atom. The van der Waals surface area contributed by atoms with Crippen LogP contribution in [0.5, 0.6) is 0 Å². The van der Waals surface area contributed by atoms with E-state index in [1.54, 1.807) is 32.0 Å². The molecule has 0 spiro atoms. The van der Waals surface area contributed by atoms with E-state index in [1.165, 1.54) is 11.6 Å². The molecule has 4 rings (SSSR count). The van der Waals surface area contributed by atoms with Gasteiger partial charge in [0.1, 0.15) is 16.7 Å². The Balaban J connectivity index is 1.50. The van der Waals surface area contributed by atoms with Gasteiger partial charge in [-0.25, -0.2) is 12.8 Å². The van der Waals surface area contributed by atoms with Gasteiger partial charge in [0.15, 0.2) is 0 Å². The molecule has 0 bridgehead atoms. The molecule has 36 heavy (non-hydrogen) atoms. The number of piperidine rings is 1. The zero-order valence-electron chi connectivity index (χ0n) is 21.4. The van der Waals surface area contributed by atoms with Gasteiger partial charge < -0.3 is 14.7 Å². The molecule has 2 aliphatic rings. The van der Waals surface area contributed by atoms with Crippen LogP contribution in [-0.4, -0.2) is 61.9 Å². The van der Waals surface area contributed by atoms with E-state index in [4.69, 9.17) is 4.74 Å². The molecule has 1 fully saturated rings. The number of nitrogens with zero attached hydrogens (tertiary/aromatic N) is 2. The van der Waals surface area contributed by atoms with Crippen LogP contribution in [0.3, 0.4) is 0 Å². The number of aliphatic hydroxyl groups is 1. The summed E-state index contributed by atoms with van der Waals surface area (Å²) >= 11 is 0. The number of halogens is 1. The van der Waals surface area contributed by atoms with Crippen LogP contribution in [-0.2, 0) is 21.2 Å². The predicted octanol–water partition coefficient (Wildman–Crippen LogP) is 4.64. The number of hydrogen-bond donors (Lipinski definition) is 1. The highest BCUT2D eigenvalue weighted by molar-refractivity contribution is 7.91. The quantitative estimate of drug-likeness (QED) is 0.553. The summed E-state index contributed by atoms with van der Waals surface area (Å²) in [5.74, 6) is -0.224. The van der Waals surface area contributed by atoms with Crippen molar-refractivity contribution in [3.05, 3.63) is 71.0 Å². The van der Waals surface area contributed by atoms with Gasteiger partial charge >= 0.3 is 0 Å².